The van der Waals surface area contributed by atoms with Gasteiger partial charge in [-0.1, -0.05) is 12.1 Å². The van der Waals surface area contributed by atoms with Gasteiger partial charge in [0.25, 0.3) is 0 Å². The molecule has 0 saturated heterocycles. The van der Waals surface area contributed by atoms with Gasteiger partial charge in [-0.15, -0.1) is 0 Å². The van der Waals surface area contributed by atoms with Crippen LogP contribution in [-0.4, -0.2) is 9.97 Å². The summed E-state index contributed by atoms with van der Waals surface area (Å²) in [4.78, 5) is 7.27. The second kappa shape index (κ2) is 5.10. The molecule has 1 heterocycles. The van der Waals surface area contributed by atoms with E-state index in [9.17, 15) is 4.39 Å². The maximum Gasteiger partial charge on any atom is 0.123 e. The molecule has 1 aromatic heterocycles. The van der Waals surface area contributed by atoms with Gasteiger partial charge in [-0.2, -0.15) is 0 Å². The summed E-state index contributed by atoms with van der Waals surface area (Å²) in [6, 6.07) is 6.75. The molecule has 3 nitrogen and oxygen atoms in total. The van der Waals surface area contributed by atoms with E-state index in [4.69, 9.17) is 0 Å². The van der Waals surface area contributed by atoms with Crippen molar-refractivity contribution in [2.45, 2.75) is 26.4 Å². The van der Waals surface area contributed by atoms with Crippen molar-refractivity contribution < 1.29 is 4.39 Å². The number of aromatic nitrogens is 2. The van der Waals surface area contributed by atoms with Crippen LogP contribution >= 0.6 is 0 Å². The Morgan fingerprint density at radius 3 is 2.94 bits per heavy atom. The van der Waals surface area contributed by atoms with Crippen molar-refractivity contribution in [2.24, 2.45) is 0 Å². The molecule has 0 aliphatic heterocycles. The average Bonchev–Trinajstić information content (AvgIpc) is 2.72. The lowest BCUT2D eigenvalue weighted by molar-refractivity contribution is 0.560. The van der Waals surface area contributed by atoms with Crippen LogP contribution in [0.2, 0.25) is 0 Å². The van der Waals surface area contributed by atoms with Crippen molar-refractivity contribution >= 4 is 0 Å². The summed E-state index contributed by atoms with van der Waals surface area (Å²) in [7, 11) is 0. The largest absolute Gasteiger partial charge is 0.345 e. The third-order valence-electron chi connectivity index (χ3n) is 2.70. The Morgan fingerprint density at radius 2 is 2.29 bits per heavy atom. The van der Waals surface area contributed by atoms with Gasteiger partial charge >= 0.3 is 0 Å². The van der Waals surface area contributed by atoms with Crippen molar-refractivity contribution in [2.75, 3.05) is 0 Å². The highest BCUT2D eigenvalue weighted by molar-refractivity contribution is 5.19. The van der Waals surface area contributed by atoms with Gasteiger partial charge in [0.2, 0.25) is 0 Å². The zero-order valence-corrected chi connectivity index (χ0v) is 10.00. The standard InChI is InChI=1S/C13H16FN3/c1-9(11-4-3-5-12(14)6-11)15-7-13-8-16-10(2)17-13/h3-6,8-9,15H,7H2,1-2H3,(H,16,17)/t9-/m0/s1. The van der Waals surface area contributed by atoms with Crippen molar-refractivity contribution in [1.82, 2.24) is 15.3 Å². The van der Waals surface area contributed by atoms with Crippen molar-refractivity contribution in [3.63, 3.8) is 0 Å². The molecule has 0 spiro atoms. The lowest BCUT2D eigenvalue weighted by Crippen LogP contribution is -2.18. The number of hydrogen-bond acceptors (Lipinski definition) is 2. The Balaban J connectivity index is 1.95. The number of benzene rings is 1. The normalized spacial score (nSPS) is 12.6. The van der Waals surface area contributed by atoms with Gasteiger partial charge in [0.1, 0.15) is 11.6 Å². The second-order valence-electron chi connectivity index (χ2n) is 4.15. The Bertz CT molecular complexity index is 493. The van der Waals surface area contributed by atoms with Crippen LogP contribution in [0, 0.1) is 12.7 Å². The summed E-state index contributed by atoms with van der Waals surface area (Å²) < 4.78 is 13.1. The molecule has 17 heavy (non-hydrogen) atoms. The first-order valence-corrected chi connectivity index (χ1v) is 5.64. The molecule has 2 aromatic rings. The van der Waals surface area contributed by atoms with Gasteiger partial charge in [0.15, 0.2) is 0 Å². The first-order valence-electron chi connectivity index (χ1n) is 5.64. The van der Waals surface area contributed by atoms with E-state index in [2.05, 4.69) is 15.3 Å². The topological polar surface area (TPSA) is 40.7 Å². The highest BCUT2D eigenvalue weighted by atomic mass is 19.1. The predicted molar refractivity (Wildman–Crippen MR) is 65.0 cm³/mol. The number of H-pyrrole nitrogens is 1. The van der Waals surface area contributed by atoms with E-state index in [1.807, 2.05) is 19.9 Å². The Morgan fingerprint density at radius 1 is 1.47 bits per heavy atom. The average molecular weight is 233 g/mol. The van der Waals surface area contributed by atoms with Gasteiger partial charge in [0.05, 0.1) is 0 Å². The molecular weight excluding hydrogens is 217 g/mol. The van der Waals surface area contributed by atoms with Crippen molar-refractivity contribution in [3.05, 3.63) is 53.4 Å². The fourth-order valence-corrected chi connectivity index (χ4v) is 1.72. The third kappa shape index (κ3) is 3.14. The van der Waals surface area contributed by atoms with Crippen LogP contribution in [0.15, 0.2) is 30.5 Å². The summed E-state index contributed by atoms with van der Waals surface area (Å²) in [5.74, 6) is 0.703. The van der Waals surface area contributed by atoms with E-state index in [1.165, 1.54) is 6.07 Å². The van der Waals surface area contributed by atoms with Crippen molar-refractivity contribution in [1.29, 1.82) is 0 Å². The van der Waals surface area contributed by atoms with Crippen LogP contribution in [0.5, 0.6) is 0 Å². The maximum absolute atomic E-state index is 13.1. The zero-order chi connectivity index (χ0) is 12.3. The number of hydrogen-bond donors (Lipinski definition) is 2. The SMILES string of the molecule is Cc1ncc(CN[C@@H](C)c2cccc(F)c2)[nH]1. The van der Waals surface area contributed by atoms with E-state index < -0.39 is 0 Å². The van der Waals surface area contributed by atoms with E-state index >= 15 is 0 Å². The highest BCUT2D eigenvalue weighted by Crippen LogP contribution is 2.13. The molecule has 0 unspecified atom stereocenters. The lowest BCUT2D eigenvalue weighted by atomic mass is 10.1. The fourth-order valence-electron chi connectivity index (χ4n) is 1.72. The molecular formula is C13H16FN3. The van der Waals surface area contributed by atoms with Gasteiger partial charge in [-0.25, -0.2) is 9.37 Å². The van der Waals surface area contributed by atoms with Crippen LogP contribution in [0.4, 0.5) is 4.39 Å². The quantitative estimate of drug-likeness (QED) is 0.852. The highest BCUT2D eigenvalue weighted by Gasteiger charge is 2.06. The lowest BCUT2D eigenvalue weighted by Gasteiger charge is -2.13. The first-order chi connectivity index (χ1) is 8.15. The maximum atomic E-state index is 13.1. The molecule has 0 aliphatic rings. The minimum atomic E-state index is -0.200. The zero-order valence-electron chi connectivity index (χ0n) is 10.00. The fraction of sp³-hybridized carbons (Fsp3) is 0.308. The Kier molecular flexibility index (Phi) is 3.54. The molecule has 90 valence electrons. The van der Waals surface area contributed by atoms with Crippen LogP contribution in [-0.2, 0) is 6.54 Å². The Hall–Kier alpha value is -1.68. The number of imidazole rings is 1. The minimum absolute atomic E-state index is 0.106. The minimum Gasteiger partial charge on any atom is -0.345 e. The molecule has 1 aromatic carbocycles. The number of rotatable bonds is 4. The van der Waals surface area contributed by atoms with Gasteiger partial charge in [-0.05, 0) is 31.5 Å². The molecule has 0 bridgehead atoms. The van der Waals surface area contributed by atoms with Crippen LogP contribution in [0.3, 0.4) is 0 Å². The summed E-state index contributed by atoms with van der Waals surface area (Å²) in [6.07, 6.45) is 1.81. The van der Waals surface area contributed by atoms with Crippen LogP contribution < -0.4 is 5.32 Å². The molecule has 4 heteroatoms. The number of aryl methyl sites for hydroxylation is 1. The predicted octanol–water partition coefficient (Wildman–Crippen LogP) is 2.71. The first kappa shape index (κ1) is 11.8. The number of nitrogens with one attached hydrogen (secondary N) is 2. The summed E-state index contributed by atoms with van der Waals surface area (Å²) in [6.45, 7) is 4.62. The van der Waals surface area contributed by atoms with E-state index in [0.717, 1.165) is 17.1 Å². The van der Waals surface area contributed by atoms with Gasteiger partial charge in [0, 0.05) is 24.5 Å². The summed E-state index contributed by atoms with van der Waals surface area (Å²) in [5.41, 5.74) is 1.98. The molecule has 0 aliphatic carbocycles. The summed E-state index contributed by atoms with van der Waals surface area (Å²) in [5, 5.41) is 3.32. The molecule has 2 rings (SSSR count). The molecule has 1 atom stereocenters. The smallest absolute Gasteiger partial charge is 0.123 e. The number of nitrogens with zero attached hydrogens (tertiary/aromatic N) is 1. The van der Waals surface area contributed by atoms with Gasteiger partial charge < -0.3 is 10.3 Å². The van der Waals surface area contributed by atoms with Crippen LogP contribution in [0.25, 0.3) is 0 Å². The van der Waals surface area contributed by atoms with E-state index in [0.29, 0.717) is 6.54 Å². The van der Waals surface area contributed by atoms with Crippen LogP contribution in [0.1, 0.15) is 30.0 Å². The second-order valence-corrected chi connectivity index (χ2v) is 4.15. The molecule has 0 fully saturated rings. The molecule has 0 amide bonds. The molecule has 2 N–H and O–H groups in total. The van der Waals surface area contributed by atoms with E-state index in [-0.39, 0.29) is 11.9 Å². The number of aromatic amines is 1. The van der Waals surface area contributed by atoms with Crippen molar-refractivity contribution in [3.8, 4) is 0 Å². The third-order valence-corrected chi connectivity index (χ3v) is 2.70. The summed E-state index contributed by atoms with van der Waals surface area (Å²) >= 11 is 0. The Labute approximate surface area is 100 Å². The number of halogens is 1. The molecule has 0 radical (unpaired) electrons. The van der Waals surface area contributed by atoms with Gasteiger partial charge in [-0.3, -0.25) is 0 Å². The monoisotopic (exact) mass is 233 g/mol. The van der Waals surface area contributed by atoms with E-state index in [1.54, 1.807) is 18.3 Å². The molecule has 0 saturated carbocycles.